The molecule has 2 heterocycles. The van der Waals surface area contributed by atoms with E-state index in [0.717, 1.165) is 11.5 Å². The van der Waals surface area contributed by atoms with Gasteiger partial charge in [0.15, 0.2) is 5.70 Å². The molecule has 128 valence electrons. The fourth-order valence-electron chi connectivity index (χ4n) is 2.66. The number of nitrogens with zero attached hydrogens (tertiary/aromatic N) is 1. The molecule has 1 amide bonds. The van der Waals surface area contributed by atoms with Crippen molar-refractivity contribution in [2.45, 2.75) is 23.3 Å². The van der Waals surface area contributed by atoms with E-state index in [4.69, 9.17) is 0 Å². The summed E-state index contributed by atoms with van der Waals surface area (Å²) in [6.45, 7) is 1.57. The molecular formula is C16H17NO4S3. The molecule has 0 aliphatic carbocycles. The number of rotatable bonds is 7. The Labute approximate surface area is 152 Å². The van der Waals surface area contributed by atoms with E-state index < -0.39 is 18.0 Å². The summed E-state index contributed by atoms with van der Waals surface area (Å²) in [5.41, 5.74) is 0.0709. The summed E-state index contributed by atoms with van der Waals surface area (Å²) in [5, 5.41) is 18.9. The zero-order valence-electron chi connectivity index (χ0n) is 12.9. The Morgan fingerprint density at radius 3 is 2.58 bits per heavy atom. The summed E-state index contributed by atoms with van der Waals surface area (Å²) < 4.78 is 0.665. The van der Waals surface area contributed by atoms with Crippen LogP contribution in [0.25, 0.3) is 0 Å². The second-order valence-electron chi connectivity index (χ2n) is 5.43. The maximum atomic E-state index is 12.1. The number of amides is 1. The van der Waals surface area contributed by atoms with Crippen LogP contribution in [-0.4, -0.2) is 50.0 Å². The Morgan fingerprint density at radius 1 is 1.29 bits per heavy atom. The van der Waals surface area contributed by atoms with Gasteiger partial charge in [-0.1, -0.05) is 30.0 Å². The standard InChI is InChI=1S/C16H17NO4S3/c1-9(18)11-13(19)17-12(15(20)21)16(24-14(11)17)23-8-7-22-10-5-3-2-4-6-10/h2-6,9,11,14,18H,7-8H2,1H3,(H,20,21)/t9?,11-,14+/m0/s1. The summed E-state index contributed by atoms with van der Waals surface area (Å²) in [5.74, 6) is -0.285. The van der Waals surface area contributed by atoms with Crippen molar-refractivity contribution in [2.24, 2.45) is 5.92 Å². The second kappa shape index (κ2) is 7.43. The first-order chi connectivity index (χ1) is 11.5. The summed E-state index contributed by atoms with van der Waals surface area (Å²) in [6, 6.07) is 10.0. The van der Waals surface area contributed by atoms with Crippen molar-refractivity contribution in [3.8, 4) is 0 Å². The van der Waals surface area contributed by atoms with Crippen LogP contribution in [0.2, 0.25) is 0 Å². The molecule has 0 saturated carbocycles. The fraction of sp³-hybridized carbons (Fsp3) is 0.375. The lowest BCUT2D eigenvalue weighted by atomic mass is 9.92. The third kappa shape index (κ3) is 3.33. The third-order valence-corrected chi connectivity index (χ3v) is 7.73. The van der Waals surface area contributed by atoms with Gasteiger partial charge in [0.05, 0.1) is 16.3 Å². The number of benzene rings is 1. The molecule has 1 aromatic rings. The molecule has 0 bridgehead atoms. The Bertz CT molecular complexity index is 677. The minimum absolute atomic E-state index is 0.0709. The van der Waals surface area contributed by atoms with Gasteiger partial charge in [0, 0.05) is 16.4 Å². The van der Waals surface area contributed by atoms with Gasteiger partial charge < -0.3 is 10.2 Å². The van der Waals surface area contributed by atoms with E-state index in [-0.39, 0.29) is 17.0 Å². The molecule has 0 aromatic heterocycles. The van der Waals surface area contributed by atoms with Crippen LogP contribution in [0.4, 0.5) is 0 Å². The molecule has 1 aromatic carbocycles. The van der Waals surface area contributed by atoms with Gasteiger partial charge in [-0.25, -0.2) is 4.79 Å². The van der Waals surface area contributed by atoms with Crippen LogP contribution in [0, 0.1) is 5.92 Å². The lowest BCUT2D eigenvalue weighted by Crippen LogP contribution is -2.60. The number of aliphatic hydroxyl groups excluding tert-OH is 1. The lowest BCUT2D eigenvalue weighted by molar-refractivity contribution is -0.156. The normalized spacial score (nSPS) is 23.9. The number of hydrogen-bond acceptors (Lipinski definition) is 6. The quantitative estimate of drug-likeness (QED) is 0.426. The lowest BCUT2D eigenvalue weighted by Gasteiger charge is -2.43. The van der Waals surface area contributed by atoms with E-state index in [1.807, 2.05) is 30.3 Å². The number of carbonyl (C=O) groups is 2. The topological polar surface area (TPSA) is 77.8 Å². The van der Waals surface area contributed by atoms with Gasteiger partial charge >= 0.3 is 5.97 Å². The largest absolute Gasteiger partial charge is 0.477 e. The number of carbonyl (C=O) groups excluding carboxylic acids is 1. The van der Waals surface area contributed by atoms with Crippen molar-refractivity contribution in [3.05, 3.63) is 40.3 Å². The van der Waals surface area contributed by atoms with Crippen molar-refractivity contribution in [2.75, 3.05) is 11.5 Å². The fourth-order valence-corrected chi connectivity index (χ4v) is 6.56. The Kier molecular flexibility index (Phi) is 5.49. The highest BCUT2D eigenvalue weighted by Gasteiger charge is 2.57. The maximum absolute atomic E-state index is 12.1. The molecule has 5 nitrogen and oxygen atoms in total. The average Bonchev–Trinajstić information content (AvgIpc) is 2.86. The van der Waals surface area contributed by atoms with Gasteiger partial charge in [0.1, 0.15) is 5.37 Å². The molecule has 24 heavy (non-hydrogen) atoms. The monoisotopic (exact) mass is 383 g/mol. The Morgan fingerprint density at radius 2 is 1.96 bits per heavy atom. The van der Waals surface area contributed by atoms with Gasteiger partial charge in [-0.2, -0.15) is 0 Å². The first-order valence-corrected chi connectivity index (χ1v) is 10.3. The predicted octanol–water partition coefficient (Wildman–Crippen LogP) is 2.68. The van der Waals surface area contributed by atoms with E-state index >= 15 is 0 Å². The number of carboxylic acids is 1. The number of β-lactam (4-membered cyclic amide) rings is 1. The number of hydrogen-bond donors (Lipinski definition) is 2. The number of aliphatic carboxylic acids is 1. The van der Waals surface area contributed by atoms with Crippen LogP contribution in [0.15, 0.2) is 45.2 Å². The molecule has 1 saturated heterocycles. The van der Waals surface area contributed by atoms with E-state index in [1.54, 1.807) is 18.7 Å². The smallest absolute Gasteiger partial charge is 0.354 e. The summed E-state index contributed by atoms with van der Waals surface area (Å²) in [7, 11) is 0. The van der Waals surface area contributed by atoms with E-state index in [0.29, 0.717) is 4.24 Å². The van der Waals surface area contributed by atoms with E-state index in [2.05, 4.69) is 0 Å². The molecule has 8 heteroatoms. The molecule has 3 atom stereocenters. The third-order valence-electron chi connectivity index (χ3n) is 3.80. The number of carboxylic acid groups (broad SMARTS) is 1. The van der Waals surface area contributed by atoms with Crippen molar-refractivity contribution in [3.63, 3.8) is 0 Å². The van der Waals surface area contributed by atoms with Crippen molar-refractivity contribution in [1.82, 2.24) is 4.90 Å². The second-order valence-corrected chi connectivity index (χ2v) is 9.09. The predicted molar refractivity (Wildman–Crippen MR) is 97.7 cm³/mol. The first-order valence-electron chi connectivity index (χ1n) is 7.46. The molecule has 1 fully saturated rings. The number of aliphatic hydroxyl groups is 1. The highest BCUT2D eigenvalue weighted by Crippen LogP contribution is 2.53. The summed E-state index contributed by atoms with van der Waals surface area (Å²) in [4.78, 5) is 26.1. The SMILES string of the molecule is CC(O)[C@H]1C(=O)N2C(C(=O)O)=C(SCCSc3ccccc3)S[C@H]12. The van der Waals surface area contributed by atoms with Gasteiger partial charge in [0.25, 0.3) is 0 Å². The highest BCUT2D eigenvalue weighted by atomic mass is 32.2. The van der Waals surface area contributed by atoms with Crippen molar-refractivity contribution >= 4 is 47.2 Å². The Hall–Kier alpha value is -1.09. The molecule has 0 radical (unpaired) electrons. The summed E-state index contributed by atoms with van der Waals surface area (Å²) in [6.07, 6.45) is -0.765. The molecule has 1 unspecified atom stereocenters. The van der Waals surface area contributed by atoms with Gasteiger partial charge in [-0.15, -0.1) is 23.5 Å². The molecule has 2 aliphatic heterocycles. The van der Waals surface area contributed by atoms with Crippen molar-refractivity contribution in [1.29, 1.82) is 0 Å². The minimum atomic E-state index is -1.08. The van der Waals surface area contributed by atoms with Crippen LogP contribution in [-0.2, 0) is 9.59 Å². The van der Waals surface area contributed by atoms with Crippen molar-refractivity contribution < 1.29 is 19.8 Å². The Balaban J connectivity index is 1.60. The number of fused-ring (bicyclic) bond motifs is 1. The molecule has 2 aliphatic rings. The zero-order chi connectivity index (χ0) is 17.3. The average molecular weight is 384 g/mol. The van der Waals surface area contributed by atoms with Crippen LogP contribution < -0.4 is 0 Å². The molecule has 0 spiro atoms. The maximum Gasteiger partial charge on any atom is 0.354 e. The van der Waals surface area contributed by atoms with Crippen LogP contribution in [0.3, 0.4) is 0 Å². The summed E-state index contributed by atoms with van der Waals surface area (Å²) >= 11 is 4.57. The van der Waals surface area contributed by atoms with Crippen LogP contribution >= 0.6 is 35.3 Å². The molecule has 3 rings (SSSR count). The molecule has 2 N–H and O–H groups in total. The minimum Gasteiger partial charge on any atom is -0.477 e. The number of thioether (sulfide) groups is 3. The van der Waals surface area contributed by atoms with Gasteiger partial charge in [-0.3, -0.25) is 9.69 Å². The van der Waals surface area contributed by atoms with Crippen LogP contribution in [0.5, 0.6) is 0 Å². The van der Waals surface area contributed by atoms with Crippen LogP contribution in [0.1, 0.15) is 6.92 Å². The van der Waals surface area contributed by atoms with Gasteiger partial charge in [0.2, 0.25) is 5.91 Å². The van der Waals surface area contributed by atoms with E-state index in [9.17, 15) is 19.8 Å². The molecular weight excluding hydrogens is 366 g/mol. The first kappa shape index (κ1) is 17.7. The zero-order valence-corrected chi connectivity index (χ0v) is 15.4. The highest BCUT2D eigenvalue weighted by molar-refractivity contribution is 8.23. The van der Waals surface area contributed by atoms with E-state index in [1.165, 1.54) is 33.3 Å². The van der Waals surface area contributed by atoms with Gasteiger partial charge in [-0.05, 0) is 19.1 Å².